The van der Waals surface area contributed by atoms with Gasteiger partial charge < -0.3 is 19.2 Å². The molecule has 0 bridgehead atoms. The summed E-state index contributed by atoms with van der Waals surface area (Å²) in [4.78, 5) is 12.5. The molecule has 0 spiro atoms. The van der Waals surface area contributed by atoms with E-state index in [2.05, 4.69) is 25.2 Å². The van der Waals surface area contributed by atoms with Crippen molar-refractivity contribution < 1.29 is 18.7 Å². The second-order valence-electron chi connectivity index (χ2n) is 7.01. The molecule has 0 radical (unpaired) electrons. The predicted molar refractivity (Wildman–Crippen MR) is 112 cm³/mol. The Morgan fingerprint density at radius 2 is 1.86 bits per heavy atom. The van der Waals surface area contributed by atoms with Crippen molar-refractivity contribution in [1.82, 2.24) is 5.32 Å². The van der Waals surface area contributed by atoms with Crippen LogP contribution in [0.2, 0.25) is 0 Å². The van der Waals surface area contributed by atoms with E-state index in [-0.39, 0.29) is 5.91 Å². The third-order valence-corrected chi connectivity index (χ3v) is 4.77. The fourth-order valence-corrected chi connectivity index (χ4v) is 3.12. The second-order valence-corrected chi connectivity index (χ2v) is 7.01. The summed E-state index contributed by atoms with van der Waals surface area (Å²) in [5, 5.41) is 2.86. The average molecular weight is 393 g/mol. The van der Waals surface area contributed by atoms with Crippen LogP contribution in [0.1, 0.15) is 45.3 Å². The number of carbonyl (C=O) groups is 1. The standard InChI is InChI=1S/C24H27NO4/c1-5-27-22-9-8-19(24(26)25-14-21-7-6-10-28-21)13-20(22)15-29-23-12-16(2)11-17(3)18(23)4/h6-13H,5,14-15H2,1-4H3,(H,25,26). The fraction of sp³-hybridized carbons (Fsp3) is 0.292. The molecule has 0 aliphatic rings. The lowest BCUT2D eigenvalue weighted by Gasteiger charge is -2.15. The lowest BCUT2D eigenvalue weighted by Crippen LogP contribution is -2.22. The number of aryl methyl sites for hydroxylation is 2. The maximum absolute atomic E-state index is 12.5. The Labute approximate surface area is 171 Å². The van der Waals surface area contributed by atoms with Crippen LogP contribution >= 0.6 is 0 Å². The van der Waals surface area contributed by atoms with Gasteiger partial charge in [0.25, 0.3) is 5.91 Å². The van der Waals surface area contributed by atoms with Crippen molar-refractivity contribution in [2.24, 2.45) is 0 Å². The van der Waals surface area contributed by atoms with Crippen molar-refractivity contribution in [2.45, 2.75) is 40.8 Å². The van der Waals surface area contributed by atoms with Crippen molar-refractivity contribution in [3.05, 3.63) is 82.3 Å². The average Bonchev–Trinajstić information content (AvgIpc) is 3.22. The fourth-order valence-electron chi connectivity index (χ4n) is 3.12. The van der Waals surface area contributed by atoms with Crippen molar-refractivity contribution in [3.8, 4) is 11.5 Å². The molecule has 5 heteroatoms. The highest BCUT2D eigenvalue weighted by molar-refractivity contribution is 5.94. The minimum absolute atomic E-state index is 0.173. The lowest BCUT2D eigenvalue weighted by molar-refractivity contribution is 0.0948. The maximum Gasteiger partial charge on any atom is 0.251 e. The van der Waals surface area contributed by atoms with Gasteiger partial charge in [-0.05, 0) is 80.8 Å². The summed E-state index contributed by atoms with van der Waals surface area (Å²) in [5.74, 6) is 2.10. The number of benzene rings is 2. The van der Waals surface area contributed by atoms with Gasteiger partial charge in [0.15, 0.2) is 0 Å². The first-order valence-electron chi connectivity index (χ1n) is 9.75. The minimum Gasteiger partial charge on any atom is -0.493 e. The number of rotatable bonds is 8. The van der Waals surface area contributed by atoms with Crippen LogP contribution in [0.4, 0.5) is 0 Å². The molecule has 0 atom stereocenters. The molecule has 0 fully saturated rings. The van der Waals surface area contributed by atoms with Crippen LogP contribution in [0, 0.1) is 20.8 Å². The summed E-state index contributed by atoms with van der Waals surface area (Å²) >= 11 is 0. The van der Waals surface area contributed by atoms with Crippen LogP contribution in [0.15, 0.2) is 53.1 Å². The molecule has 3 rings (SSSR count). The summed E-state index contributed by atoms with van der Waals surface area (Å²) < 4.78 is 17.1. The molecule has 1 amide bonds. The summed E-state index contributed by atoms with van der Waals surface area (Å²) in [6.07, 6.45) is 1.59. The minimum atomic E-state index is -0.173. The first-order chi connectivity index (χ1) is 14.0. The summed E-state index contributed by atoms with van der Waals surface area (Å²) in [6, 6.07) is 13.2. The molecular formula is C24H27NO4. The second kappa shape index (κ2) is 9.32. The van der Waals surface area contributed by atoms with E-state index in [0.717, 1.165) is 28.2 Å². The Balaban J connectivity index is 1.77. The molecule has 1 aromatic heterocycles. The van der Waals surface area contributed by atoms with Crippen molar-refractivity contribution >= 4 is 5.91 Å². The molecule has 2 aromatic carbocycles. The number of amides is 1. The maximum atomic E-state index is 12.5. The van der Waals surface area contributed by atoms with Gasteiger partial charge in [0.05, 0.1) is 19.4 Å². The monoisotopic (exact) mass is 393 g/mol. The molecule has 0 saturated carbocycles. The first kappa shape index (κ1) is 20.5. The van der Waals surface area contributed by atoms with Crippen LogP contribution in [0.25, 0.3) is 0 Å². The SMILES string of the molecule is CCOc1ccc(C(=O)NCc2ccco2)cc1COc1cc(C)cc(C)c1C. The highest BCUT2D eigenvalue weighted by Gasteiger charge is 2.13. The van der Waals surface area contributed by atoms with Gasteiger partial charge in [-0.15, -0.1) is 0 Å². The van der Waals surface area contributed by atoms with E-state index in [1.807, 2.05) is 38.1 Å². The van der Waals surface area contributed by atoms with Crippen molar-refractivity contribution in [2.75, 3.05) is 6.61 Å². The van der Waals surface area contributed by atoms with E-state index in [4.69, 9.17) is 13.9 Å². The Morgan fingerprint density at radius 1 is 1.03 bits per heavy atom. The van der Waals surface area contributed by atoms with Gasteiger partial charge in [0.1, 0.15) is 23.9 Å². The molecule has 5 nitrogen and oxygen atoms in total. The molecule has 29 heavy (non-hydrogen) atoms. The lowest BCUT2D eigenvalue weighted by atomic mass is 10.1. The van der Waals surface area contributed by atoms with E-state index < -0.39 is 0 Å². The molecule has 152 valence electrons. The van der Waals surface area contributed by atoms with Crippen LogP contribution in [-0.4, -0.2) is 12.5 Å². The summed E-state index contributed by atoms with van der Waals surface area (Å²) in [6.45, 7) is 9.30. The molecule has 1 N–H and O–H groups in total. The molecule has 3 aromatic rings. The first-order valence-corrected chi connectivity index (χ1v) is 9.75. The number of furan rings is 1. The van der Waals surface area contributed by atoms with Gasteiger partial charge in [-0.25, -0.2) is 0 Å². The Hall–Kier alpha value is -3.21. The van der Waals surface area contributed by atoms with Gasteiger partial charge in [-0.3, -0.25) is 4.79 Å². The summed E-state index contributed by atoms with van der Waals surface area (Å²) in [5.41, 5.74) is 4.84. The van der Waals surface area contributed by atoms with Gasteiger partial charge >= 0.3 is 0 Å². The highest BCUT2D eigenvalue weighted by Crippen LogP contribution is 2.27. The molecule has 0 aliphatic carbocycles. The number of hydrogen-bond acceptors (Lipinski definition) is 4. The Bertz CT molecular complexity index is 977. The Morgan fingerprint density at radius 3 is 2.59 bits per heavy atom. The zero-order valence-corrected chi connectivity index (χ0v) is 17.4. The van der Waals surface area contributed by atoms with E-state index in [9.17, 15) is 4.79 Å². The van der Waals surface area contributed by atoms with Crippen LogP contribution in [0.5, 0.6) is 11.5 Å². The number of carbonyl (C=O) groups excluding carboxylic acids is 1. The normalized spacial score (nSPS) is 10.6. The van der Waals surface area contributed by atoms with Gasteiger partial charge in [0.2, 0.25) is 0 Å². The summed E-state index contributed by atoms with van der Waals surface area (Å²) in [7, 11) is 0. The van der Waals surface area contributed by atoms with Crippen LogP contribution < -0.4 is 14.8 Å². The highest BCUT2D eigenvalue weighted by atomic mass is 16.5. The smallest absolute Gasteiger partial charge is 0.251 e. The quantitative estimate of drug-likeness (QED) is 0.577. The number of hydrogen-bond donors (Lipinski definition) is 1. The van der Waals surface area contributed by atoms with Gasteiger partial charge in [-0.2, -0.15) is 0 Å². The van der Waals surface area contributed by atoms with Gasteiger partial charge in [0, 0.05) is 11.1 Å². The van der Waals surface area contributed by atoms with Crippen LogP contribution in [0.3, 0.4) is 0 Å². The van der Waals surface area contributed by atoms with E-state index in [1.165, 1.54) is 5.56 Å². The van der Waals surface area contributed by atoms with E-state index >= 15 is 0 Å². The Kier molecular flexibility index (Phi) is 6.60. The predicted octanol–water partition coefficient (Wildman–Crippen LogP) is 5.11. The molecule has 0 aliphatic heterocycles. The molecular weight excluding hydrogens is 366 g/mol. The molecule has 0 saturated heterocycles. The third kappa shape index (κ3) is 5.19. The van der Waals surface area contributed by atoms with E-state index in [0.29, 0.717) is 31.1 Å². The topological polar surface area (TPSA) is 60.7 Å². The molecule has 1 heterocycles. The zero-order valence-electron chi connectivity index (χ0n) is 17.4. The van der Waals surface area contributed by atoms with E-state index in [1.54, 1.807) is 18.4 Å². The van der Waals surface area contributed by atoms with Gasteiger partial charge in [-0.1, -0.05) is 6.07 Å². The zero-order chi connectivity index (χ0) is 20.8. The number of ether oxygens (including phenoxy) is 2. The van der Waals surface area contributed by atoms with Crippen molar-refractivity contribution in [1.29, 1.82) is 0 Å². The van der Waals surface area contributed by atoms with Crippen LogP contribution in [-0.2, 0) is 13.2 Å². The number of nitrogens with one attached hydrogen (secondary N) is 1. The largest absolute Gasteiger partial charge is 0.493 e. The third-order valence-electron chi connectivity index (χ3n) is 4.77. The molecule has 0 unspecified atom stereocenters. The van der Waals surface area contributed by atoms with Crippen molar-refractivity contribution in [3.63, 3.8) is 0 Å².